The molecule has 0 fully saturated rings. The van der Waals surface area contributed by atoms with Gasteiger partial charge in [-0.15, -0.1) is 11.3 Å². The van der Waals surface area contributed by atoms with Crippen LogP contribution in [0.1, 0.15) is 29.3 Å². The molecule has 0 spiro atoms. The van der Waals surface area contributed by atoms with Crippen LogP contribution in [0.2, 0.25) is 0 Å². The molecule has 19 heavy (non-hydrogen) atoms. The van der Waals surface area contributed by atoms with E-state index in [0.29, 0.717) is 5.69 Å². The third-order valence-electron chi connectivity index (χ3n) is 3.34. The fourth-order valence-corrected chi connectivity index (χ4v) is 4.28. The lowest BCUT2D eigenvalue weighted by atomic mass is 9.94. The summed E-state index contributed by atoms with van der Waals surface area (Å²) in [5.41, 5.74) is 1.90. The average molecular weight is 344 g/mol. The maximum atomic E-state index is 13.2. The number of hydrogen-bond donors (Lipinski definition) is 1. The molecule has 2 aromatic rings. The molecule has 0 bridgehead atoms. The Balaban J connectivity index is 1.86. The fourth-order valence-electron chi connectivity index (χ4n) is 2.46. The Morgan fingerprint density at radius 3 is 2.84 bits per heavy atom. The molecule has 100 valence electrons. The molecule has 1 heterocycles. The van der Waals surface area contributed by atoms with Gasteiger partial charge in [-0.1, -0.05) is 0 Å². The van der Waals surface area contributed by atoms with Gasteiger partial charge in [0.1, 0.15) is 0 Å². The summed E-state index contributed by atoms with van der Waals surface area (Å²) in [5.74, 6) is -1.62. The quantitative estimate of drug-likeness (QED) is 0.782. The van der Waals surface area contributed by atoms with Crippen LogP contribution in [-0.4, -0.2) is 0 Å². The molecule has 5 heteroatoms. The van der Waals surface area contributed by atoms with Crippen LogP contribution in [0.5, 0.6) is 0 Å². The minimum atomic E-state index is -0.812. The smallest absolute Gasteiger partial charge is 0.160 e. The highest BCUT2D eigenvalue weighted by molar-refractivity contribution is 9.11. The SMILES string of the molecule is Fc1ccc(NC2CCCc3sc(Br)cc32)cc1F. The molecule has 0 radical (unpaired) electrons. The molecule has 1 aliphatic rings. The number of rotatable bonds is 2. The van der Waals surface area contributed by atoms with Gasteiger partial charge in [0.2, 0.25) is 0 Å². The summed E-state index contributed by atoms with van der Waals surface area (Å²) >= 11 is 5.26. The predicted molar refractivity (Wildman–Crippen MR) is 77.7 cm³/mol. The summed E-state index contributed by atoms with van der Waals surface area (Å²) in [6.07, 6.45) is 3.22. The van der Waals surface area contributed by atoms with Crippen molar-refractivity contribution in [3.63, 3.8) is 0 Å². The molecular formula is C14H12BrF2NS. The summed E-state index contributed by atoms with van der Waals surface area (Å²) in [6.45, 7) is 0. The Kier molecular flexibility index (Phi) is 3.58. The summed E-state index contributed by atoms with van der Waals surface area (Å²) in [4.78, 5) is 1.37. The lowest BCUT2D eigenvalue weighted by Gasteiger charge is -2.24. The Hall–Kier alpha value is -0.940. The van der Waals surface area contributed by atoms with Gasteiger partial charge in [-0.25, -0.2) is 8.78 Å². The van der Waals surface area contributed by atoms with Crippen molar-refractivity contribution in [2.24, 2.45) is 0 Å². The van der Waals surface area contributed by atoms with Crippen molar-refractivity contribution in [2.75, 3.05) is 5.32 Å². The average Bonchev–Trinajstić information content (AvgIpc) is 2.75. The molecule has 0 aliphatic heterocycles. The molecule has 3 rings (SSSR count). The lowest BCUT2D eigenvalue weighted by Crippen LogP contribution is -2.15. The number of benzene rings is 1. The molecule has 0 amide bonds. The number of nitrogens with one attached hydrogen (secondary N) is 1. The summed E-state index contributed by atoms with van der Waals surface area (Å²) in [6, 6.07) is 6.25. The van der Waals surface area contributed by atoms with Gasteiger partial charge in [-0.05, 0) is 59.0 Å². The van der Waals surface area contributed by atoms with Crippen molar-refractivity contribution >= 4 is 33.0 Å². The number of aryl methyl sites for hydroxylation is 1. The van der Waals surface area contributed by atoms with Gasteiger partial charge >= 0.3 is 0 Å². The first-order chi connectivity index (χ1) is 9.13. The van der Waals surface area contributed by atoms with Crippen LogP contribution >= 0.6 is 27.3 Å². The van der Waals surface area contributed by atoms with Crippen LogP contribution in [-0.2, 0) is 6.42 Å². The zero-order valence-corrected chi connectivity index (χ0v) is 12.5. The van der Waals surface area contributed by atoms with E-state index in [1.807, 2.05) is 0 Å². The fraction of sp³-hybridized carbons (Fsp3) is 0.286. The number of halogens is 3. The molecule has 1 aromatic heterocycles. The van der Waals surface area contributed by atoms with Crippen molar-refractivity contribution < 1.29 is 8.78 Å². The van der Waals surface area contributed by atoms with Crippen LogP contribution in [0.25, 0.3) is 0 Å². The van der Waals surface area contributed by atoms with Gasteiger partial charge in [0.15, 0.2) is 11.6 Å². The number of fused-ring (bicyclic) bond motifs is 1. The second-order valence-electron chi connectivity index (χ2n) is 4.65. The van der Waals surface area contributed by atoms with Gasteiger partial charge in [-0.3, -0.25) is 0 Å². The first kappa shape index (κ1) is 13.1. The minimum Gasteiger partial charge on any atom is -0.378 e. The Morgan fingerprint density at radius 2 is 2.05 bits per heavy atom. The second-order valence-corrected chi connectivity index (χ2v) is 7.16. The normalized spacial score (nSPS) is 18.2. The molecule has 0 saturated carbocycles. The van der Waals surface area contributed by atoms with E-state index in [2.05, 4.69) is 27.3 Å². The van der Waals surface area contributed by atoms with Gasteiger partial charge in [-0.2, -0.15) is 0 Å². The van der Waals surface area contributed by atoms with Gasteiger partial charge < -0.3 is 5.32 Å². The monoisotopic (exact) mass is 343 g/mol. The molecule has 1 N–H and O–H groups in total. The molecule has 1 aromatic carbocycles. The minimum absolute atomic E-state index is 0.177. The zero-order valence-electron chi connectivity index (χ0n) is 10.1. The van der Waals surface area contributed by atoms with Gasteiger partial charge in [0, 0.05) is 16.6 Å². The number of thiophene rings is 1. The van der Waals surface area contributed by atoms with E-state index >= 15 is 0 Å². The van der Waals surface area contributed by atoms with E-state index < -0.39 is 11.6 Å². The molecule has 1 unspecified atom stereocenters. The highest BCUT2D eigenvalue weighted by Crippen LogP contribution is 2.39. The van der Waals surface area contributed by atoms with Crippen LogP contribution < -0.4 is 5.32 Å². The van der Waals surface area contributed by atoms with Crippen molar-refractivity contribution in [1.29, 1.82) is 0 Å². The third kappa shape index (κ3) is 2.67. The second kappa shape index (κ2) is 5.21. The molecule has 0 saturated heterocycles. The summed E-state index contributed by atoms with van der Waals surface area (Å²) in [5, 5.41) is 3.30. The molecule has 1 aliphatic carbocycles. The number of anilines is 1. The van der Waals surface area contributed by atoms with Crippen molar-refractivity contribution in [3.8, 4) is 0 Å². The highest BCUT2D eigenvalue weighted by atomic mass is 79.9. The van der Waals surface area contributed by atoms with E-state index in [0.717, 1.165) is 29.1 Å². The summed E-state index contributed by atoms with van der Waals surface area (Å²) < 4.78 is 27.2. The van der Waals surface area contributed by atoms with E-state index in [1.165, 1.54) is 16.5 Å². The first-order valence-electron chi connectivity index (χ1n) is 6.13. The zero-order chi connectivity index (χ0) is 13.4. The van der Waals surface area contributed by atoms with Crippen molar-refractivity contribution in [2.45, 2.75) is 25.3 Å². The molecular weight excluding hydrogens is 332 g/mol. The molecule has 1 nitrogen and oxygen atoms in total. The standard InChI is InChI=1S/C14H12BrF2NS/c15-14-7-9-12(2-1-3-13(9)19-14)18-8-4-5-10(16)11(17)6-8/h4-7,12,18H,1-3H2. The van der Waals surface area contributed by atoms with E-state index in [4.69, 9.17) is 0 Å². The van der Waals surface area contributed by atoms with Gasteiger partial charge in [0.25, 0.3) is 0 Å². The van der Waals surface area contributed by atoms with Gasteiger partial charge in [0.05, 0.1) is 9.83 Å². The topological polar surface area (TPSA) is 12.0 Å². The largest absolute Gasteiger partial charge is 0.378 e. The van der Waals surface area contributed by atoms with Crippen LogP contribution in [0.3, 0.4) is 0 Å². The van der Waals surface area contributed by atoms with E-state index in [9.17, 15) is 8.78 Å². The first-order valence-corrected chi connectivity index (χ1v) is 7.74. The molecule has 1 atom stereocenters. The highest BCUT2D eigenvalue weighted by Gasteiger charge is 2.22. The van der Waals surface area contributed by atoms with E-state index in [1.54, 1.807) is 17.4 Å². The Labute approximate surface area is 122 Å². The predicted octanol–water partition coefficient (Wildman–Crippen LogP) is 5.28. The Morgan fingerprint density at radius 1 is 1.21 bits per heavy atom. The van der Waals surface area contributed by atoms with Crippen molar-refractivity contribution in [3.05, 3.63) is 50.1 Å². The maximum Gasteiger partial charge on any atom is 0.160 e. The van der Waals surface area contributed by atoms with Crippen LogP contribution in [0.4, 0.5) is 14.5 Å². The summed E-state index contributed by atoms with van der Waals surface area (Å²) in [7, 11) is 0. The van der Waals surface area contributed by atoms with Crippen LogP contribution in [0, 0.1) is 11.6 Å². The van der Waals surface area contributed by atoms with Crippen LogP contribution in [0.15, 0.2) is 28.1 Å². The van der Waals surface area contributed by atoms with E-state index in [-0.39, 0.29) is 6.04 Å². The number of hydrogen-bond acceptors (Lipinski definition) is 2. The third-order valence-corrected chi connectivity index (χ3v) is 5.06. The van der Waals surface area contributed by atoms with Crippen molar-refractivity contribution in [1.82, 2.24) is 0 Å². The maximum absolute atomic E-state index is 13.2. The Bertz CT molecular complexity index is 611. The lowest BCUT2D eigenvalue weighted by molar-refractivity contribution is 0.508.